The van der Waals surface area contributed by atoms with Crippen molar-refractivity contribution in [2.75, 3.05) is 19.8 Å². The summed E-state index contributed by atoms with van der Waals surface area (Å²) < 4.78 is 36.6. The van der Waals surface area contributed by atoms with Gasteiger partial charge in [-0.3, -0.25) is 4.79 Å². The van der Waals surface area contributed by atoms with E-state index in [1.807, 2.05) is 24.3 Å². The molecule has 1 heterocycles. The Hall–Kier alpha value is -3.97. The Balaban J connectivity index is 1.48. The number of carbonyl (C=O) groups excluding carboxylic acids is 1. The molecule has 0 N–H and O–H groups in total. The van der Waals surface area contributed by atoms with Gasteiger partial charge in [-0.05, 0) is 60.7 Å². The molecule has 1 aromatic heterocycles. The van der Waals surface area contributed by atoms with Crippen molar-refractivity contribution in [3.63, 3.8) is 0 Å². The number of ether oxygens (including phenoxy) is 3. The van der Waals surface area contributed by atoms with E-state index in [4.69, 9.17) is 18.7 Å². The molecule has 0 bridgehead atoms. The molecule has 0 amide bonds. The molecule has 0 aliphatic heterocycles. The number of hydrogen-bond acceptors (Lipinski definition) is 6. The number of nitrogens with zero attached hydrogens (tertiary/aromatic N) is 1. The smallest absolute Gasteiger partial charge is 0.305 e. The second-order valence-electron chi connectivity index (χ2n) is 8.77. The summed E-state index contributed by atoms with van der Waals surface area (Å²) in [6.45, 7) is 5.56. The van der Waals surface area contributed by atoms with E-state index in [0.717, 1.165) is 28.7 Å². The van der Waals surface area contributed by atoms with Crippen molar-refractivity contribution in [2.45, 2.75) is 39.7 Å². The zero-order chi connectivity index (χ0) is 26.7. The number of aromatic nitrogens is 1. The molecule has 4 aromatic rings. The molecule has 0 saturated heterocycles. The maximum atomic E-state index is 14.7. The molecule has 3 aromatic carbocycles. The lowest BCUT2D eigenvalue weighted by Crippen LogP contribution is -2.07. The van der Waals surface area contributed by atoms with Crippen molar-refractivity contribution in [2.24, 2.45) is 0 Å². The van der Waals surface area contributed by atoms with Gasteiger partial charge in [0.25, 0.3) is 0 Å². The second-order valence-corrected chi connectivity index (χ2v) is 8.77. The Kier molecular flexibility index (Phi) is 9.65. The first-order chi connectivity index (χ1) is 18.6. The van der Waals surface area contributed by atoms with Crippen LogP contribution in [0, 0.1) is 5.82 Å². The average molecular weight is 518 g/mol. The van der Waals surface area contributed by atoms with Crippen LogP contribution in [0.5, 0.6) is 5.75 Å². The fourth-order valence-electron chi connectivity index (χ4n) is 4.05. The van der Waals surface area contributed by atoms with Crippen LogP contribution in [-0.4, -0.2) is 30.9 Å². The van der Waals surface area contributed by atoms with Crippen molar-refractivity contribution in [1.29, 1.82) is 0 Å². The van der Waals surface area contributed by atoms with E-state index in [2.05, 4.69) is 36.3 Å². The Labute approximate surface area is 222 Å². The van der Waals surface area contributed by atoms with Crippen molar-refractivity contribution in [3.8, 4) is 39.5 Å². The Bertz CT molecular complexity index is 1340. The van der Waals surface area contributed by atoms with E-state index in [1.165, 1.54) is 6.07 Å². The fourth-order valence-corrected chi connectivity index (χ4v) is 4.05. The zero-order valence-corrected chi connectivity index (χ0v) is 21.7. The molecule has 0 saturated carbocycles. The van der Waals surface area contributed by atoms with Gasteiger partial charge in [0, 0.05) is 30.2 Å². The highest BCUT2D eigenvalue weighted by atomic mass is 19.1. The van der Waals surface area contributed by atoms with E-state index in [0.29, 0.717) is 43.3 Å². The summed E-state index contributed by atoms with van der Waals surface area (Å²) >= 11 is 0. The molecule has 0 aliphatic rings. The normalized spacial score (nSPS) is 10.9. The van der Waals surface area contributed by atoms with E-state index < -0.39 is 5.82 Å². The zero-order valence-electron chi connectivity index (χ0n) is 21.7. The highest BCUT2D eigenvalue weighted by Crippen LogP contribution is 2.32. The molecule has 0 atom stereocenters. The maximum Gasteiger partial charge on any atom is 0.305 e. The van der Waals surface area contributed by atoms with E-state index in [9.17, 15) is 9.18 Å². The number of hydrogen-bond donors (Lipinski definition) is 0. The third-order valence-electron chi connectivity index (χ3n) is 5.91. The predicted octanol–water partition coefficient (Wildman–Crippen LogP) is 7.46. The van der Waals surface area contributed by atoms with Crippen LogP contribution in [-0.2, 0) is 20.9 Å². The minimum absolute atomic E-state index is 0.120. The van der Waals surface area contributed by atoms with Gasteiger partial charge in [0.2, 0.25) is 0 Å². The highest BCUT2D eigenvalue weighted by molar-refractivity contribution is 5.74. The molecule has 0 unspecified atom stereocenters. The number of esters is 1. The van der Waals surface area contributed by atoms with Crippen LogP contribution in [0.4, 0.5) is 4.39 Å². The van der Waals surface area contributed by atoms with E-state index >= 15 is 0 Å². The molecule has 0 fully saturated rings. The lowest BCUT2D eigenvalue weighted by atomic mass is 9.97. The summed E-state index contributed by atoms with van der Waals surface area (Å²) in [6, 6.07) is 22.7. The average Bonchev–Trinajstić information content (AvgIpc) is 3.43. The topological polar surface area (TPSA) is 70.8 Å². The lowest BCUT2D eigenvalue weighted by Gasteiger charge is -2.12. The molecule has 0 radical (unpaired) electrons. The third kappa shape index (κ3) is 7.07. The van der Waals surface area contributed by atoms with Crippen LogP contribution in [0.25, 0.3) is 33.7 Å². The van der Waals surface area contributed by atoms with Gasteiger partial charge in [-0.25, -0.2) is 4.39 Å². The molecule has 7 heteroatoms. The summed E-state index contributed by atoms with van der Waals surface area (Å²) in [4.78, 5) is 11.4. The van der Waals surface area contributed by atoms with Gasteiger partial charge in [0.05, 0.1) is 19.8 Å². The molecule has 0 aliphatic carbocycles. The van der Waals surface area contributed by atoms with Crippen LogP contribution in [0.15, 0.2) is 77.3 Å². The lowest BCUT2D eigenvalue weighted by molar-refractivity contribution is -0.143. The van der Waals surface area contributed by atoms with E-state index in [-0.39, 0.29) is 24.7 Å². The first-order valence-corrected chi connectivity index (χ1v) is 12.9. The molecule has 0 spiro atoms. The van der Waals surface area contributed by atoms with Gasteiger partial charge in [0.1, 0.15) is 5.69 Å². The largest absolute Gasteiger partial charge is 0.491 e. The van der Waals surface area contributed by atoms with Crippen LogP contribution >= 0.6 is 0 Å². The van der Waals surface area contributed by atoms with Crippen molar-refractivity contribution in [1.82, 2.24) is 5.16 Å². The monoisotopic (exact) mass is 517 g/mol. The van der Waals surface area contributed by atoms with Gasteiger partial charge in [-0.1, -0.05) is 54.5 Å². The summed E-state index contributed by atoms with van der Waals surface area (Å²) in [6.07, 6.45) is 1.62. The number of carbonyl (C=O) groups is 1. The minimum Gasteiger partial charge on any atom is -0.491 e. The van der Waals surface area contributed by atoms with Crippen molar-refractivity contribution < 1.29 is 27.9 Å². The van der Waals surface area contributed by atoms with Crippen LogP contribution < -0.4 is 4.74 Å². The van der Waals surface area contributed by atoms with Crippen LogP contribution in [0.3, 0.4) is 0 Å². The SMILES string of the molecule is CCCOCc1cc(-c2cc(-c3ccc(OCCCC(=O)OCC)c(F)c3)no2)ccc1-c1ccccc1. The van der Waals surface area contributed by atoms with Gasteiger partial charge in [0.15, 0.2) is 17.3 Å². The Morgan fingerprint density at radius 2 is 1.74 bits per heavy atom. The Morgan fingerprint density at radius 3 is 2.50 bits per heavy atom. The third-order valence-corrected chi connectivity index (χ3v) is 5.91. The first kappa shape index (κ1) is 27.1. The summed E-state index contributed by atoms with van der Waals surface area (Å²) in [7, 11) is 0. The van der Waals surface area contributed by atoms with Crippen LogP contribution in [0.1, 0.15) is 38.7 Å². The summed E-state index contributed by atoms with van der Waals surface area (Å²) in [5.74, 6) is -0.0968. The van der Waals surface area contributed by atoms with Crippen molar-refractivity contribution in [3.05, 3.63) is 84.2 Å². The van der Waals surface area contributed by atoms with Crippen LogP contribution in [0.2, 0.25) is 0 Å². The molecule has 6 nitrogen and oxygen atoms in total. The van der Waals surface area contributed by atoms with Gasteiger partial charge >= 0.3 is 5.97 Å². The molecule has 4 rings (SSSR count). The first-order valence-electron chi connectivity index (χ1n) is 12.9. The number of rotatable bonds is 13. The number of halogens is 1. The van der Waals surface area contributed by atoms with Gasteiger partial charge in [-0.2, -0.15) is 0 Å². The summed E-state index contributed by atoms with van der Waals surface area (Å²) in [5.41, 5.74) is 5.22. The van der Waals surface area contributed by atoms with Gasteiger partial charge < -0.3 is 18.7 Å². The second kappa shape index (κ2) is 13.5. The predicted molar refractivity (Wildman–Crippen MR) is 144 cm³/mol. The molecule has 38 heavy (non-hydrogen) atoms. The molecular weight excluding hydrogens is 485 g/mol. The summed E-state index contributed by atoms with van der Waals surface area (Å²) in [5, 5.41) is 4.17. The van der Waals surface area contributed by atoms with Crippen molar-refractivity contribution >= 4 is 5.97 Å². The molecule has 198 valence electrons. The molecular formula is C31H32FNO5. The van der Waals surface area contributed by atoms with E-state index in [1.54, 1.807) is 25.1 Å². The maximum absolute atomic E-state index is 14.7. The quantitative estimate of drug-likeness (QED) is 0.135. The highest BCUT2D eigenvalue weighted by Gasteiger charge is 2.14. The fraction of sp³-hybridized carbons (Fsp3) is 0.290. The minimum atomic E-state index is -0.509. The van der Waals surface area contributed by atoms with Gasteiger partial charge in [-0.15, -0.1) is 0 Å². The standard InChI is InChI=1S/C31H32FNO5/c1-3-16-35-21-25-18-24(12-14-26(25)22-9-6-5-7-10-22)30-20-28(33-38-30)23-13-15-29(27(32)19-23)37-17-8-11-31(34)36-4-2/h5-7,9-10,12-15,18-20H,3-4,8,11,16-17,21H2,1-2H3. The Morgan fingerprint density at radius 1 is 0.921 bits per heavy atom. The number of benzene rings is 3.